The number of nitrogens with zero attached hydrogens (tertiary/aromatic N) is 1. The Labute approximate surface area is 220 Å². The highest BCUT2D eigenvalue weighted by molar-refractivity contribution is 7.98. The van der Waals surface area contributed by atoms with E-state index in [1.54, 1.807) is 49.9 Å². The van der Waals surface area contributed by atoms with Crippen molar-refractivity contribution in [2.24, 2.45) is 11.7 Å². The molecule has 1 aromatic carbocycles. The van der Waals surface area contributed by atoms with Crippen LogP contribution in [0, 0.1) is 5.92 Å². The fourth-order valence-corrected chi connectivity index (χ4v) is 4.07. The first-order valence-electron chi connectivity index (χ1n) is 12.0. The summed E-state index contributed by atoms with van der Waals surface area (Å²) in [5.74, 6) is -2.47. The van der Waals surface area contributed by atoms with Crippen molar-refractivity contribution in [1.29, 1.82) is 0 Å². The van der Waals surface area contributed by atoms with Gasteiger partial charge in [-0.1, -0.05) is 44.2 Å². The maximum absolute atomic E-state index is 13.3. The molecule has 0 aliphatic carbocycles. The Morgan fingerprint density at radius 2 is 1.68 bits per heavy atom. The number of imidazole rings is 1. The van der Waals surface area contributed by atoms with E-state index in [9.17, 15) is 24.3 Å². The molecule has 0 fully saturated rings. The summed E-state index contributed by atoms with van der Waals surface area (Å²) in [6.07, 6.45) is 5.39. The smallest absolute Gasteiger partial charge is 0.326 e. The van der Waals surface area contributed by atoms with Crippen LogP contribution in [0.5, 0.6) is 0 Å². The second-order valence-corrected chi connectivity index (χ2v) is 10.0. The van der Waals surface area contributed by atoms with Gasteiger partial charge in [-0.25, -0.2) is 9.78 Å². The number of carbonyl (C=O) groups excluding carboxylic acids is 3. The van der Waals surface area contributed by atoms with Gasteiger partial charge in [-0.05, 0) is 29.9 Å². The summed E-state index contributed by atoms with van der Waals surface area (Å²) < 4.78 is 0. The van der Waals surface area contributed by atoms with Gasteiger partial charge in [0.15, 0.2) is 0 Å². The fourth-order valence-electron chi connectivity index (χ4n) is 3.58. The third-order valence-electron chi connectivity index (χ3n) is 5.73. The molecule has 7 N–H and O–H groups in total. The second kappa shape index (κ2) is 15.0. The quantitative estimate of drug-likeness (QED) is 0.191. The first-order valence-corrected chi connectivity index (χ1v) is 13.4. The van der Waals surface area contributed by atoms with Crippen LogP contribution in [0.1, 0.15) is 31.5 Å². The summed E-state index contributed by atoms with van der Waals surface area (Å²) in [7, 11) is 0. The Morgan fingerprint density at radius 3 is 2.24 bits per heavy atom. The van der Waals surface area contributed by atoms with Crippen LogP contribution in [0.4, 0.5) is 0 Å². The van der Waals surface area contributed by atoms with Gasteiger partial charge in [0.05, 0.1) is 12.4 Å². The Hall–Kier alpha value is -3.38. The minimum absolute atomic E-state index is 0.00825. The zero-order valence-electron chi connectivity index (χ0n) is 21.3. The Morgan fingerprint density at radius 1 is 1.00 bits per heavy atom. The molecule has 12 heteroatoms. The van der Waals surface area contributed by atoms with Gasteiger partial charge in [0.25, 0.3) is 0 Å². The topological polar surface area (TPSA) is 179 Å². The molecule has 11 nitrogen and oxygen atoms in total. The number of hydrogen-bond donors (Lipinski definition) is 6. The van der Waals surface area contributed by atoms with Crippen molar-refractivity contribution in [2.45, 2.75) is 57.3 Å². The molecule has 0 radical (unpaired) electrons. The van der Waals surface area contributed by atoms with E-state index in [1.807, 2.05) is 12.3 Å². The van der Waals surface area contributed by atoms with Crippen molar-refractivity contribution < 1.29 is 24.3 Å². The number of thioether (sulfide) groups is 1. The third-order valence-corrected chi connectivity index (χ3v) is 6.37. The average Bonchev–Trinajstić information content (AvgIpc) is 3.38. The van der Waals surface area contributed by atoms with E-state index in [1.165, 1.54) is 12.5 Å². The molecule has 0 saturated carbocycles. The van der Waals surface area contributed by atoms with Crippen molar-refractivity contribution in [1.82, 2.24) is 25.9 Å². The highest BCUT2D eigenvalue weighted by atomic mass is 32.2. The standard InChI is InChI=1S/C25H36N6O5S/c1-15(2)21(31-22(32)18(26)9-10-37-3)24(34)29-19(11-16-7-5-4-6-8-16)23(33)30-20(25(35)36)12-17-13-27-14-28-17/h4-8,13-15,18-21H,9-12,26H2,1-3H3,(H,27,28)(H,29,34)(H,30,33)(H,31,32)(H,35,36). The zero-order valence-corrected chi connectivity index (χ0v) is 22.1. The van der Waals surface area contributed by atoms with E-state index in [4.69, 9.17) is 5.73 Å². The van der Waals surface area contributed by atoms with Gasteiger partial charge in [-0.15, -0.1) is 0 Å². The summed E-state index contributed by atoms with van der Waals surface area (Å²) in [5, 5.41) is 17.6. The second-order valence-electron chi connectivity index (χ2n) is 9.05. The predicted octanol–water partition coefficient (Wildman–Crippen LogP) is 0.470. The lowest BCUT2D eigenvalue weighted by Gasteiger charge is -2.27. The van der Waals surface area contributed by atoms with E-state index >= 15 is 0 Å². The number of benzene rings is 1. The number of rotatable bonds is 15. The van der Waals surface area contributed by atoms with E-state index in [0.29, 0.717) is 17.9 Å². The molecule has 0 spiro atoms. The number of carboxylic acids is 1. The molecule has 0 saturated heterocycles. The molecule has 2 rings (SSSR count). The summed E-state index contributed by atoms with van der Waals surface area (Å²) in [5.41, 5.74) is 7.27. The Bertz CT molecular complexity index is 1020. The van der Waals surface area contributed by atoms with Crippen LogP contribution in [0.2, 0.25) is 0 Å². The molecule has 0 aliphatic heterocycles. The summed E-state index contributed by atoms with van der Waals surface area (Å²) in [6, 6.07) is 5.03. The molecule has 1 heterocycles. The molecule has 3 amide bonds. The molecule has 0 aliphatic rings. The molecule has 4 unspecified atom stereocenters. The molecule has 4 atom stereocenters. The van der Waals surface area contributed by atoms with Crippen LogP contribution in [0.3, 0.4) is 0 Å². The number of amides is 3. The molecular weight excluding hydrogens is 496 g/mol. The number of carboxylic acid groups (broad SMARTS) is 1. The molecule has 1 aromatic heterocycles. The molecule has 202 valence electrons. The maximum Gasteiger partial charge on any atom is 0.326 e. The van der Waals surface area contributed by atoms with Gasteiger partial charge in [-0.2, -0.15) is 11.8 Å². The molecule has 2 aromatic rings. The SMILES string of the molecule is CSCCC(N)C(=O)NC(C(=O)NC(Cc1ccccc1)C(=O)NC(Cc1cnc[nH]1)C(=O)O)C(C)C. The van der Waals surface area contributed by atoms with Gasteiger partial charge in [0.2, 0.25) is 17.7 Å². The number of aromatic nitrogens is 2. The predicted molar refractivity (Wildman–Crippen MR) is 142 cm³/mol. The third kappa shape index (κ3) is 9.89. The van der Waals surface area contributed by atoms with Gasteiger partial charge in [0.1, 0.15) is 18.1 Å². The number of carbonyl (C=O) groups is 4. The van der Waals surface area contributed by atoms with Gasteiger partial charge in [-0.3, -0.25) is 14.4 Å². The Kier molecular flexibility index (Phi) is 12.1. The molecule has 0 bridgehead atoms. The van der Waals surface area contributed by atoms with Gasteiger partial charge < -0.3 is 31.8 Å². The van der Waals surface area contributed by atoms with Gasteiger partial charge in [0, 0.05) is 24.7 Å². The van der Waals surface area contributed by atoms with Crippen LogP contribution >= 0.6 is 11.8 Å². The largest absolute Gasteiger partial charge is 0.480 e. The minimum Gasteiger partial charge on any atom is -0.480 e. The number of nitrogens with two attached hydrogens (primary N) is 1. The fraction of sp³-hybridized carbons (Fsp3) is 0.480. The van der Waals surface area contributed by atoms with Crippen molar-refractivity contribution in [2.75, 3.05) is 12.0 Å². The van der Waals surface area contributed by atoms with Crippen molar-refractivity contribution in [3.05, 3.63) is 54.1 Å². The van der Waals surface area contributed by atoms with Crippen LogP contribution in [0.15, 0.2) is 42.9 Å². The number of hydrogen-bond acceptors (Lipinski definition) is 7. The summed E-state index contributed by atoms with van der Waals surface area (Å²) in [6.45, 7) is 3.55. The first-order chi connectivity index (χ1) is 17.6. The highest BCUT2D eigenvalue weighted by Gasteiger charge is 2.32. The highest BCUT2D eigenvalue weighted by Crippen LogP contribution is 2.09. The zero-order chi connectivity index (χ0) is 27.4. The summed E-state index contributed by atoms with van der Waals surface area (Å²) >= 11 is 1.57. The van der Waals surface area contributed by atoms with E-state index in [-0.39, 0.29) is 18.8 Å². The number of nitrogens with one attached hydrogen (secondary N) is 4. The van der Waals surface area contributed by atoms with Crippen LogP contribution in [-0.4, -0.2) is 74.9 Å². The maximum atomic E-state index is 13.3. The minimum atomic E-state index is -1.24. The molecule has 37 heavy (non-hydrogen) atoms. The number of aromatic amines is 1. The lowest BCUT2D eigenvalue weighted by atomic mass is 10.00. The normalized spacial score (nSPS) is 14.3. The first kappa shape index (κ1) is 29.8. The lowest BCUT2D eigenvalue weighted by Crippen LogP contribution is -2.59. The number of H-pyrrole nitrogens is 1. The van der Waals surface area contributed by atoms with Crippen LogP contribution < -0.4 is 21.7 Å². The lowest BCUT2D eigenvalue weighted by molar-refractivity contribution is -0.142. The van der Waals surface area contributed by atoms with Crippen LogP contribution in [0.25, 0.3) is 0 Å². The van der Waals surface area contributed by atoms with Crippen molar-refractivity contribution in [3.63, 3.8) is 0 Å². The van der Waals surface area contributed by atoms with E-state index in [2.05, 4.69) is 25.9 Å². The van der Waals surface area contributed by atoms with E-state index < -0.39 is 47.9 Å². The monoisotopic (exact) mass is 532 g/mol. The van der Waals surface area contributed by atoms with Crippen LogP contribution in [-0.2, 0) is 32.0 Å². The molecular formula is C25H36N6O5S. The van der Waals surface area contributed by atoms with E-state index in [0.717, 1.165) is 5.56 Å². The average molecular weight is 533 g/mol. The van der Waals surface area contributed by atoms with Crippen molar-refractivity contribution in [3.8, 4) is 0 Å². The van der Waals surface area contributed by atoms with Gasteiger partial charge >= 0.3 is 5.97 Å². The number of aliphatic carboxylic acids is 1. The summed E-state index contributed by atoms with van der Waals surface area (Å²) in [4.78, 5) is 57.6. The van der Waals surface area contributed by atoms with Crippen molar-refractivity contribution >= 4 is 35.5 Å². The Balaban J connectivity index is 2.19.